The SMILES string of the molecule is O=C(NCCc1cccc2ccc(O)cc12)C1CCC1. The molecule has 3 heteroatoms. The van der Waals surface area contributed by atoms with E-state index in [2.05, 4.69) is 11.4 Å². The van der Waals surface area contributed by atoms with Crippen LogP contribution < -0.4 is 5.32 Å². The Labute approximate surface area is 118 Å². The summed E-state index contributed by atoms with van der Waals surface area (Å²) in [6.07, 6.45) is 4.04. The van der Waals surface area contributed by atoms with Crippen molar-refractivity contribution in [1.82, 2.24) is 5.32 Å². The van der Waals surface area contributed by atoms with Crippen molar-refractivity contribution in [2.75, 3.05) is 6.54 Å². The summed E-state index contributed by atoms with van der Waals surface area (Å²) in [6, 6.07) is 11.5. The Balaban J connectivity index is 1.67. The van der Waals surface area contributed by atoms with E-state index in [-0.39, 0.29) is 17.6 Å². The molecule has 0 saturated heterocycles. The number of carbonyl (C=O) groups excluding carboxylic acids is 1. The zero-order valence-corrected chi connectivity index (χ0v) is 11.4. The molecule has 2 N–H and O–H groups in total. The van der Waals surface area contributed by atoms with Gasteiger partial charge >= 0.3 is 0 Å². The number of rotatable bonds is 4. The highest BCUT2D eigenvalue weighted by atomic mass is 16.3. The van der Waals surface area contributed by atoms with E-state index < -0.39 is 0 Å². The van der Waals surface area contributed by atoms with Crippen LogP contribution in [0.2, 0.25) is 0 Å². The molecule has 0 bridgehead atoms. The molecule has 3 rings (SSSR count). The van der Waals surface area contributed by atoms with Crippen LogP contribution in [0.25, 0.3) is 10.8 Å². The number of phenolic OH excluding ortho intramolecular Hbond substituents is 1. The summed E-state index contributed by atoms with van der Waals surface area (Å²) in [5, 5.41) is 14.8. The normalized spacial score (nSPS) is 15.0. The van der Waals surface area contributed by atoms with E-state index in [0.717, 1.165) is 35.6 Å². The molecule has 0 atom stereocenters. The first-order valence-electron chi connectivity index (χ1n) is 7.22. The molecule has 20 heavy (non-hydrogen) atoms. The summed E-state index contributed by atoms with van der Waals surface area (Å²) in [6.45, 7) is 0.657. The minimum Gasteiger partial charge on any atom is -0.508 e. The third-order valence-corrected chi connectivity index (χ3v) is 4.13. The number of hydrogen-bond donors (Lipinski definition) is 2. The van der Waals surface area contributed by atoms with Crippen LogP contribution in [0.5, 0.6) is 5.75 Å². The van der Waals surface area contributed by atoms with Gasteiger partial charge < -0.3 is 10.4 Å². The van der Waals surface area contributed by atoms with Crippen LogP contribution in [0.4, 0.5) is 0 Å². The van der Waals surface area contributed by atoms with E-state index in [9.17, 15) is 9.90 Å². The Morgan fingerprint density at radius 1 is 1.25 bits per heavy atom. The second-order valence-corrected chi connectivity index (χ2v) is 5.49. The van der Waals surface area contributed by atoms with Crippen molar-refractivity contribution in [2.24, 2.45) is 5.92 Å². The highest BCUT2D eigenvalue weighted by molar-refractivity contribution is 5.87. The van der Waals surface area contributed by atoms with Gasteiger partial charge in [-0.15, -0.1) is 0 Å². The topological polar surface area (TPSA) is 49.3 Å². The minimum atomic E-state index is 0.194. The Hall–Kier alpha value is -2.03. The maximum Gasteiger partial charge on any atom is 0.223 e. The van der Waals surface area contributed by atoms with Crippen molar-refractivity contribution in [3.8, 4) is 5.75 Å². The second-order valence-electron chi connectivity index (χ2n) is 5.49. The molecule has 0 radical (unpaired) electrons. The molecule has 3 nitrogen and oxygen atoms in total. The van der Waals surface area contributed by atoms with Crippen molar-refractivity contribution >= 4 is 16.7 Å². The van der Waals surface area contributed by atoms with Crippen LogP contribution in [-0.4, -0.2) is 17.6 Å². The zero-order chi connectivity index (χ0) is 13.9. The maximum atomic E-state index is 11.8. The van der Waals surface area contributed by atoms with E-state index in [1.54, 1.807) is 12.1 Å². The lowest BCUT2D eigenvalue weighted by atomic mass is 9.85. The molecule has 1 saturated carbocycles. The summed E-state index contributed by atoms with van der Waals surface area (Å²) in [7, 11) is 0. The maximum absolute atomic E-state index is 11.8. The molecule has 0 aromatic heterocycles. The Bertz CT molecular complexity index is 632. The third-order valence-electron chi connectivity index (χ3n) is 4.13. The van der Waals surface area contributed by atoms with Gasteiger partial charge in [-0.1, -0.05) is 30.7 Å². The van der Waals surface area contributed by atoms with Crippen molar-refractivity contribution < 1.29 is 9.90 Å². The average Bonchev–Trinajstić information content (AvgIpc) is 2.37. The summed E-state index contributed by atoms with van der Waals surface area (Å²) < 4.78 is 0. The first-order valence-corrected chi connectivity index (χ1v) is 7.22. The Kier molecular flexibility index (Phi) is 3.59. The van der Waals surface area contributed by atoms with E-state index in [0.29, 0.717) is 6.54 Å². The highest BCUT2D eigenvalue weighted by Crippen LogP contribution is 2.26. The predicted octanol–water partition coefficient (Wildman–Crippen LogP) is 3.00. The quantitative estimate of drug-likeness (QED) is 0.896. The van der Waals surface area contributed by atoms with Gasteiger partial charge in [-0.25, -0.2) is 0 Å². The molecule has 0 aliphatic heterocycles. The molecule has 1 aliphatic carbocycles. The fraction of sp³-hybridized carbons (Fsp3) is 0.353. The lowest BCUT2D eigenvalue weighted by Crippen LogP contribution is -2.35. The minimum absolute atomic E-state index is 0.194. The van der Waals surface area contributed by atoms with Crippen LogP contribution in [-0.2, 0) is 11.2 Å². The van der Waals surface area contributed by atoms with Crippen LogP contribution in [0.3, 0.4) is 0 Å². The molecule has 1 amide bonds. The van der Waals surface area contributed by atoms with E-state index in [1.807, 2.05) is 18.2 Å². The van der Waals surface area contributed by atoms with Gasteiger partial charge in [-0.05, 0) is 47.7 Å². The van der Waals surface area contributed by atoms with Gasteiger partial charge in [0.15, 0.2) is 0 Å². The van der Waals surface area contributed by atoms with Gasteiger partial charge in [-0.3, -0.25) is 4.79 Å². The number of nitrogens with one attached hydrogen (secondary N) is 1. The number of carbonyl (C=O) groups is 1. The number of phenols is 1. The average molecular weight is 269 g/mol. The van der Waals surface area contributed by atoms with Crippen molar-refractivity contribution in [3.63, 3.8) is 0 Å². The van der Waals surface area contributed by atoms with E-state index in [1.165, 1.54) is 6.42 Å². The van der Waals surface area contributed by atoms with Crippen LogP contribution in [0, 0.1) is 5.92 Å². The van der Waals surface area contributed by atoms with Crippen molar-refractivity contribution in [1.29, 1.82) is 0 Å². The fourth-order valence-electron chi connectivity index (χ4n) is 2.68. The fourth-order valence-corrected chi connectivity index (χ4v) is 2.68. The van der Waals surface area contributed by atoms with E-state index in [4.69, 9.17) is 0 Å². The molecular formula is C17H19NO2. The smallest absolute Gasteiger partial charge is 0.223 e. The first kappa shape index (κ1) is 13.0. The Morgan fingerprint density at radius 3 is 2.85 bits per heavy atom. The van der Waals surface area contributed by atoms with Gasteiger partial charge in [0.1, 0.15) is 5.75 Å². The van der Waals surface area contributed by atoms with Gasteiger partial charge in [0.2, 0.25) is 5.91 Å². The van der Waals surface area contributed by atoms with Crippen LogP contribution >= 0.6 is 0 Å². The number of hydrogen-bond acceptors (Lipinski definition) is 2. The number of benzene rings is 2. The van der Waals surface area contributed by atoms with Gasteiger partial charge in [-0.2, -0.15) is 0 Å². The second kappa shape index (κ2) is 5.53. The van der Waals surface area contributed by atoms with Gasteiger partial charge in [0.25, 0.3) is 0 Å². The standard InChI is InChI=1S/C17H19NO2/c19-15-8-7-12-3-1-4-13(16(12)11-15)9-10-18-17(20)14-5-2-6-14/h1,3-4,7-8,11,14,19H,2,5-6,9-10H2,(H,18,20). The van der Waals surface area contributed by atoms with Crippen molar-refractivity contribution in [3.05, 3.63) is 42.0 Å². The first-order chi connectivity index (χ1) is 9.74. The zero-order valence-electron chi connectivity index (χ0n) is 11.4. The van der Waals surface area contributed by atoms with Crippen LogP contribution in [0.1, 0.15) is 24.8 Å². The molecule has 104 valence electrons. The summed E-state index contributed by atoms with van der Waals surface area (Å²) in [5.41, 5.74) is 1.16. The van der Waals surface area contributed by atoms with Gasteiger partial charge in [0, 0.05) is 12.5 Å². The van der Waals surface area contributed by atoms with E-state index >= 15 is 0 Å². The number of fused-ring (bicyclic) bond motifs is 1. The highest BCUT2D eigenvalue weighted by Gasteiger charge is 2.24. The Morgan fingerprint density at radius 2 is 2.10 bits per heavy atom. The van der Waals surface area contributed by atoms with Crippen molar-refractivity contribution in [2.45, 2.75) is 25.7 Å². The summed E-state index contributed by atoms with van der Waals surface area (Å²) >= 11 is 0. The monoisotopic (exact) mass is 269 g/mol. The molecule has 2 aromatic rings. The third kappa shape index (κ3) is 2.62. The largest absolute Gasteiger partial charge is 0.508 e. The molecule has 2 aromatic carbocycles. The van der Waals surface area contributed by atoms with Gasteiger partial charge in [0.05, 0.1) is 0 Å². The van der Waals surface area contributed by atoms with Crippen LogP contribution in [0.15, 0.2) is 36.4 Å². The molecule has 1 aliphatic rings. The summed E-state index contributed by atoms with van der Waals surface area (Å²) in [5.74, 6) is 0.717. The molecule has 0 unspecified atom stereocenters. The molecular weight excluding hydrogens is 250 g/mol. The summed E-state index contributed by atoms with van der Waals surface area (Å²) in [4.78, 5) is 11.8. The molecule has 0 spiro atoms. The lowest BCUT2D eigenvalue weighted by molar-refractivity contribution is -0.127. The number of aromatic hydroxyl groups is 1. The predicted molar refractivity (Wildman–Crippen MR) is 79.7 cm³/mol. The molecule has 1 fully saturated rings. The number of amides is 1. The lowest BCUT2D eigenvalue weighted by Gasteiger charge is -2.24. The molecule has 0 heterocycles.